The van der Waals surface area contributed by atoms with Crippen molar-refractivity contribution in [3.05, 3.63) is 80.6 Å². The number of halogens is 2. The number of carbonyl (C=O) groups is 2. The third-order valence-electron chi connectivity index (χ3n) is 11.1. The standard InChI is InChI=1S/C35H37BrFNO8/c1-18-10-11-33(3)26(34(18,4)17-43-19(2)39)15-27(45-31(41)20-8-9-22(36)23(37)13-20)35(5)30(33)29(40)28-25(46-35)14-24(44-32(28)42)21-7-6-12-38-16-21/h6-9,12-14,16,18,26-27,29-30,40H,10-11,15,17H2,1-5H3/t18-,26?,27-,29?,30?,33-,34?,35+/m0/s1. The minimum Gasteiger partial charge on any atom is -0.482 e. The van der Waals surface area contributed by atoms with Gasteiger partial charge in [0.1, 0.15) is 34.6 Å². The zero-order chi connectivity index (χ0) is 33.2. The molecule has 1 N–H and O–H groups in total. The Morgan fingerprint density at radius 3 is 2.63 bits per heavy atom. The minimum atomic E-state index is -1.33. The van der Waals surface area contributed by atoms with Gasteiger partial charge in [0.25, 0.3) is 0 Å². The molecule has 2 saturated carbocycles. The molecular formula is C35H37BrFNO8. The number of carbonyl (C=O) groups excluding carboxylic acids is 2. The summed E-state index contributed by atoms with van der Waals surface area (Å²) >= 11 is 3.12. The Morgan fingerprint density at radius 2 is 1.96 bits per heavy atom. The quantitative estimate of drug-likeness (QED) is 0.292. The van der Waals surface area contributed by atoms with Crippen molar-refractivity contribution in [1.82, 2.24) is 4.98 Å². The number of aliphatic hydroxyl groups is 1. The van der Waals surface area contributed by atoms with E-state index >= 15 is 0 Å². The number of hydrogen-bond acceptors (Lipinski definition) is 9. The molecule has 0 amide bonds. The molecule has 3 aliphatic rings. The fourth-order valence-electron chi connectivity index (χ4n) is 8.52. The van der Waals surface area contributed by atoms with Crippen LogP contribution in [0.2, 0.25) is 0 Å². The van der Waals surface area contributed by atoms with E-state index in [0.717, 1.165) is 12.5 Å². The number of hydrogen-bond donors (Lipinski definition) is 1. The van der Waals surface area contributed by atoms with E-state index in [0.29, 0.717) is 18.4 Å². The number of pyridine rings is 1. The number of benzene rings is 1. The third kappa shape index (κ3) is 5.15. The number of aromatic nitrogens is 1. The SMILES string of the molecule is CC(=O)OCC1(C)C2C[C@H](OC(=O)c3ccc(Br)c(F)c3)[C@@]3(C)Oc4cc(-c5cccnc5)oc(=O)c4C(O)C3[C@@]2(C)CC[C@@H]1C. The number of ether oxygens (including phenoxy) is 3. The van der Waals surface area contributed by atoms with E-state index < -0.39 is 57.9 Å². The van der Waals surface area contributed by atoms with Gasteiger partial charge in [-0.1, -0.05) is 20.8 Å². The van der Waals surface area contributed by atoms with Crippen LogP contribution in [0.5, 0.6) is 5.75 Å². The number of aliphatic hydroxyl groups excluding tert-OH is 1. The van der Waals surface area contributed by atoms with E-state index in [9.17, 15) is 23.9 Å². The van der Waals surface area contributed by atoms with Crippen molar-refractivity contribution >= 4 is 27.9 Å². The third-order valence-corrected chi connectivity index (χ3v) is 11.7. The largest absolute Gasteiger partial charge is 0.482 e. The number of nitrogens with zero attached hydrogens (tertiary/aromatic N) is 1. The first-order chi connectivity index (χ1) is 21.7. The smallest absolute Gasteiger partial charge is 0.345 e. The summed E-state index contributed by atoms with van der Waals surface area (Å²) in [4.78, 5) is 43.3. The second kappa shape index (κ2) is 11.6. The minimum absolute atomic E-state index is 0.00245. The van der Waals surface area contributed by atoms with Crippen molar-refractivity contribution in [2.45, 2.75) is 71.7 Å². The highest BCUT2D eigenvalue weighted by Gasteiger charge is 2.70. The zero-order valence-corrected chi connectivity index (χ0v) is 27.9. The van der Waals surface area contributed by atoms with Crippen LogP contribution >= 0.6 is 15.9 Å². The van der Waals surface area contributed by atoms with Gasteiger partial charge >= 0.3 is 17.6 Å². The molecule has 6 rings (SSSR count). The van der Waals surface area contributed by atoms with E-state index in [4.69, 9.17) is 18.6 Å². The van der Waals surface area contributed by atoms with Crippen molar-refractivity contribution in [1.29, 1.82) is 0 Å². The lowest BCUT2D eigenvalue weighted by Gasteiger charge is -2.66. The molecule has 0 bridgehead atoms. The van der Waals surface area contributed by atoms with Gasteiger partial charge in [-0.3, -0.25) is 9.78 Å². The van der Waals surface area contributed by atoms with Crippen molar-refractivity contribution in [2.24, 2.45) is 28.6 Å². The molecule has 9 nitrogen and oxygen atoms in total. The fourth-order valence-corrected chi connectivity index (χ4v) is 8.76. The first-order valence-electron chi connectivity index (χ1n) is 15.4. The predicted octanol–water partition coefficient (Wildman–Crippen LogP) is 6.66. The maximum Gasteiger partial charge on any atom is 0.345 e. The van der Waals surface area contributed by atoms with Gasteiger partial charge in [0.2, 0.25) is 0 Å². The molecule has 4 unspecified atom stereocenters. The molecule has 46 heavy (non-hydrogen) atoms. The Hall–Kier alpha value is -3.57. The molecule has 244 valence electrons. The van der Waals surface area contributed by atoms with Crippen LogP contribution in [0.15, 0.2) is 62.5 Å². The summed E-state index contributed by atoms with van der Waals surface area (Å²) in [5.41, 5.74) is -2.70. The first kappa shape index (κ1) is 32.4. The molecular weight excluding hydrogens is 661 g/mol. The molecule has 1 aromatic carbocycles. The molecule has 2 aromatic heterocycles. The molecule has 3 aromatic rings. The summed E-state index contributed by atoms with van der Waals surface area (Å²) in [6, 6.07) is 9.01. The second-order valence-electron chi connectivity index (χ2n) is 13.7. The Balaban J connectivity index is 1.49. The average Bonchev–Trinajstić information content (AvgIpc) is 3.00. The van der Waals surface area contributed by atoms with Gasteiger partial charge in [-0.05, 0) is 89.7 Å². The van der Waals surface area contributed by atoms with Gasteiger partial charge in [0.05, 0.1) is 22.7 Å². The summed E-state index contributed by atoms with van der Waals surface area (Å²) in [5.74, 6) is -2.28. The molecule has 0 radical (unpaired) electrons. The lowest BCUT2D eigenvalue weighted by molar-refractivity contribution is -0.257. The highest BCUT2D eigenvalue weighted by molar-refractivity contribution is 9.10. The van der Waals surface area contributed by atoms with Gasteiger partial charge < -0.3 is 23.7 Å². The molecule has 0 saturated heterocycles. The van der Waals surface area contributed by atoms with Gasteiger partial charge in [0, 0.05) is 42.3 Å². The van der Waals surface area contributed by atoms with E-state index in [1.54, 1.807) is 37.5 Å². The predicted molar refractivity (Wildman–Crippen MR) is 168 cm³/mol. The first-order valence-corrected chi connectivity index (χ1v) is 16.2. The summed E-state index contributed by atoms with van der Waals surface area (Å²) in [6.45, 7) is 9.54. The van der Waals surface area contributed by atoms with Crippen LogP contribution in [0.1, 0.15) is 75.9 Å². The van der Waals surface area contributed by atoms with Gasteiger partial charge in [-0.15, -0.1) is 0 Å². The summed E-state index contributed by atoms with van der Waals surface area (Å²) < 4.78 is 39.0. The van der Waals surface area contributed by atoms with E-state index in [1.165, 1.54) is 19.1 Å². The van der Waals surface area contributed by atoms with E-state index in [-0.39, 0.29) is 45.6 Å². The number of esters is 2. The highest BCUT2D eigenvalue weighted by Crippen LogP contribution is 2.68. The van der Waals surface area contributed by atoms with Crippen molar-refractivity contribution < 1.29 is 37.7 Å². The number of rotatable bonds is 5. The molecule has 2 fully saturated rings. The Labute approximate surface area is 274 Å². The highest BCUT2D eigenvalue weighted by atomic mass is 79.9. The topological polar surface area (TPSA) is 125 Å². The fraction of sp³-hybridized carbons (Fsp3) is 0.486. The maximum atomic E-state index is 14.5. The van der Waals surface area contributed by atoms with E-state index in [1.807, 2.05) is 0 Å². The van der Waals surface area contributed by atoms with Gasteiger partial charge in [-0.2, -0.15) is 0 Å². The maximum absolute atomic E-state index is 14.5. The average molecular weight is 699 g/mol. The molecule has 2 aliphatic carbocycles. The van der Waals surface area contributed by atoms with Gasteiger partial charge in [-0.25, -0.2) is 14.0 Å². The summed E-state index contributed by atoms with van der Waals surface area (Å²) in [7, 11) is 0. The van der Waals surface area contributed by atoms with Gasteiger partial charge in [0.15, 0.2) is 0 Å². The van der Waals surface area contributed by atoms with E-state index in [2.05, 4.69) is 41.7 Å². The molecule has 1 aliphatic heterocycles. The Kier molecular flexibility index (Phi) is 8.16. The second-order valence-corrected chi connectivity index (χ2v) is 14.5. The molecule has 11 heteroatoms. The van der Waals surface area contributed by atoms with Crippen molar-refractivity contribution in [2.75, 3.05) is 6.61 Å². The zero-order valence-electron chi connectivity index (χ0n) is 26.3. The van der Waals surface area contributed by atoms with Crippen LogP contribution in [0.4, 0.5) is 4.39 Å². The lowest BCUT2D eigenvalue weighted by atomic mass is 9.41. The molecule has 8 atom stereocenters. The summed E-state index contributed by atoms with van der Waals surface area (Å²) in [6.07, 6.45) is 2.65. The van der Waals surface area contributed by atoms with Crippen LogP contribution in [-0.2, 0) is 14.3 Å². The Morgan fingerprint density at radius 1 is 1.20 bits per heavy atom. The number of fused-ring (bicyclic) bond motifs is 4. The normalized spacial score (nSPS) is 33.1. The van der Waals surface area contributed by atoms with Crippen molar-refractivity contribution in [3.63, 3.8) is 0 Å². The van der Waals surface area contributed by atoms with Crippen LogP contribution < -0.4 is 10.4 Å². The monoisotopic (exact) mass is 697 g/mol. The molecule has 3 heterocycles. The Bertz CT molecular complexity index is 1750. The lowest BCUT2D eigenvalue weighted by Crippen LogP contribution is -2.70. The van der Waals surface area contributed by atoms with Crippen molar-refractivity contribution in [3.8, 4) is 17.1 Å². The van der Waals surface area contributed by atoms with Crippen LogP contribution in [0.3, 0.4) is 0 Å². The van der Waals surface area contributed by atoms with Crippen LogP contribution in [0, 0.1) is 34.4 Å². The van der Waals surface area contributed by atoms with Crippen LogP contribution in [0.25, 0.3) is 11.3 Å². The molecule has 0 spiro atoms. The summed E-state index contributed by atoms with van der Waals surface area (Å²) in [5, 5.41) is 12.2. The van der Waals surface area contributed by atoms with Crippen LogP contribution in [-0.4, -0.2) is 40.3 Å².